The summed E-state index contributed by atoms with van der Waals surface area (Å²) in [5.74, 6) is 0.979. The molecule has 1 amide bonds. The molecule has 0 saturated carbocycles. The van der Waals surface area contributed by atoms with E-state index in [2.05, 4.69) is 27.4 Å². The van der Waals surface area contributed by atoms with Gasteiger partial charge in [0.15, 0.2) is 11.0 Å². The summed E-state index contributed by atoms with van der Waals surface area (Å²) in [6.45, 7) is 4.86. The molecule has 6 nitrogen and oxygen atoms in total. The number of nitrogens with one attached hydrogen (secondary N) is 1. The molecule has 0 spiro atoms. The molecule has 0 aliphatic carbocycles. The quantitative estimate of drug-likeness (QED) is 0.645. The second-order valence-corrected chi connectivity index (χ2v) is 6.62. The van der Waals surface area contributed by atoms with E-state index in [4.69, 9.17) is 0 Å². The lowest BCUT2D eigenvalue weighted by Crippen LogP contribution is -2.14. The molecule has 3 aromatic rings. The predicted molar refractivity (Wildman–Crippen MR) is 104 cm³/mol. The van der Waals surface area contributed by atoms with E-state index in [0.717, 1.165) is 35.2 Å². The summed E-state index contributed by atoms with van der Waals surface area (Å²) in [4.78, 5) is 16.3. The topological polar surface area (TPSA) is 72.7 Å². The van der Waals surface area contributed by atoms with Gasteiger partial charge in [0.25, 0.3) is 0 Å². The molecule has 0 unspecified atom stereocenters. The van der Waals surface area contributed by atoms with Gasteiger partial charge in [0.1, 0.15) is 0 Å². The average Bonchev–Trinajstić information content (AvgIpc) is 3.10. The lowest BCUT2D eigenvalue weighted by Gasteiger charge is -2.08. The number of hydrogen-bond donors (Lipinski definition) is 1. The molecular weight excluding hydrogens is 346 g/mol. The Bertz CT molecular complexity index is 861. The molecule has 1 N–H and O–H groups in total. The number of pyridine rings is 1. The molecular formula is C19H21N5OS. The van der Waals surface area contributed by atoms with Gasteiger partial charge in [-0.25, -0.2) is 0 Å². The zero-order valence-corrected chi connectivity index (χ0v) is 15.7. The maximum Gasteiger partial charge on any atom is 0.234 e. The van der Waals surface area contributed by atoms with Crippen LogP contribution in [0.4, 0.5) is 5.69 Å². The van der Waals surface area contributed by atoms with Crippen LogP contribution in [0.15, 0.2) is 53.9 Å². The predicted octanol–water partition coefficient (Wildman–Crippen LogP) is 3.65. The minimum absolute atomic E-state index is 0.0622. The van der Waals surface area contributed by atoms with Crippen molar-refractivity contribution in [1.29, 1.82) is 0 Å². The number of aromatic nitrogens is 4. The molecule has 0 bridgehead atoms. The maximum atomic E-state index is 12.2. The van der Waals surface area contributed by atoms with Crippen molar-refractivity contribution >= 4 is 23.4 Å². The second-order valence-electron chi connectivity index (χ2n) is 5.68. The number of thioether (sulfide) groups is 1. The van der Waals surface area contributed by atoms with Crippen LogP contribution in [-0.2, 0) is 17.8 Å². The van der Waals surface area contributed by atoms with Crippen molar-refractivity contribution in [2.24, 2.45) is 0 Å². The summed E-state index contributed by atoms with van der Waals surface area (Å²) >= 11 is 1.38. The Balaban J connectivity index is 1.64. The first kappa shape index (κ1) is 18.1. The van der Waals surface area contributed by atoms with Gasteiger partial charge < -0.3 is 9.88 Å². The van der Waals surface area contributed by atoms with Crippen LogP contribution in [0.5, 0.6) is 0 Å². The molecule has 7 heteroatoms. The number of carbonyl (C=O) groups is 1. The summed E-state index contributed by atoms with van der Waals surface area (Å²) in [5.41, 5.74) is 2.96. The highest BCUT2D eigenvalue weighted by Gasteiger charge is 2.14. The average molecular weight is 367 g/mol. The van der Waals surface area contributed by atoms with Crippen LogP contribution in [0.2, 0.25) is 0 Å². The highest BCUT2D eigenvalue weighted by Crippen LogP contribution is 2.23. The molecule has 134 valence electrons. The minimum Gasteiger partial charge on any atom is -0.325 e. The van der Waals surface area contributed by atoms with Crippen molar-refractivity contribution < 1.29 is 4.79 Å². The third kappa shape index (κ3) is 4.29. The molecule has 0 saturated heterocycles. The van der Waals surface area contributed by atoms with E-state index >= 15 is 0 Å². The first-order chi connectivity index (χ1) is 12.7. The number of carbonyl (C=O) groups excluding carboxylic acids is 1. The lowest BCUT2D eigenvalue weighted by molar-refractivity contribution is -0.113. The van der Waals surface area contributed by atoms with Crippen molar-refractivity contribution in [1.82, 2.24) is 19.7 Å². The number of amides is 1. The molecule has 2 aromatic heterocycles. The van der Waals surface area contributed by atoms with Crippen molar-refractivity contribution in [2.75, 3.05) is 11.1 Å². The number of rotatable bonds is 7. The molecule has 3 rings (SSSR count). The van der Waals surface area contributed by atoms with Gasteiger partial charge in [-0.05, 0) is 43.2 Å². The first-order valence-corrected chi connectivity index (χ1v) is 9.55. The second kappa shape index (κ2) is 8.62. The zero-order chi connectivity index (χ0) is 18.4. The van der Waals surface area contributed by atoms with Gasteiger partial charge in [-0.3, -0.25) is 9.78 Å². The maximum absolute atomic E-state index is 12.2. The summed E-state index contributed by atoms with van der Waals surface area (Å²) in [7, 11) is 0. The number of hydrogen-bond acceptors (Lipinski definition) is 5. The number of anilines is 1. The Hall–Kier alpha value is -2.67. The Morgan fingerprint density at radius 1 is 1.15 bits per heavy atom. The number of aryl methyl sites for hydroxylation is 1. The monoisotopic (exact) mass is 367 g/mol. The Kier molecular flexibility index (Phi) is 6.01. The fourth-order valence-electron chi connectivity index (χ4n) is 2.54. The van der Waals surface area contributed by atoms with E-state index in [-0.39, 0.29) is 11.7 Å². The first-order valence-electron chi connectivity index (χ1n) is 8.56. The van der Waals surface area contributed by atoms with E-state index in [1.807, 2.05) is 47.9 Å². The highest BCUT2D eigenvalue weighted by atomic mass is 32.2. The van der Waals surface area contributed by atoms with E-state index in [0.29, 0.717) is 0 Å². The fraction of sp³-hybridized carbons (Fsp3) is 0.263. The standard InChI is InChI=1S/C19H21N5OS/c1-3-14-7-9-16(10-8-14)21-17(25)13-26-19-23-22-18(24(19)4-2)15-6-5-11-20-12-15/h5-12H,3-4,13H2,1-2H3,(H,21,25). The van der Waals surface area contributed by atoms with Gasteiger partial charge in [0.05, 0.1) is 5.75 Å². The van der Waals surface area contributed by atoms with Crippen molar-refractivity contribution in [2.45, 2.75) is 32.0 Å². The summed E-state index contributed by atoms with van der Waals surface area (Å²) in [6, 6.07) is 11.7. The molecule has 2 heterocycles. The fourth-order valence-corrected chi connectivity index (χ4v) is 3.34. The minimum atomic E-state index is -0.0622. The molecule has 0 radical (unpaired) electrons. The van der Waals surface area contributed by atoms with Crippen LogP contribution in [0.3, 0.4) is 0 Å². The lowest BCUT2D eigenvalue weighted by atomic mass is 10.1. The SMILES string of the molecule is CCc1ccc(NC(=O)CSc2nnc(-c3cccnc3)n2CC)cc1. The summed E-state index contributed by atoms with van der Waals surface area (Å²) < 4.78 is 1.99. The van der Waals surface area contributed by atoms with Crippen LogP contribution in [0.25, 0.3) is 11.4 Å². The van der Waals surface area contributed by atoms with Gasteiger partial charge >= 0.3 is 0 Å². The molecule has 0 aliphatic heterocycles. The van der Waals surface area contributed by atoms with Gasteiger partial charge in [0.2, 0.25) is 5.91 Å². The normalized spacial score (nSPS) is 10.7. The Morgan fingerprint density at radius 2 is 1.96 bits per heavy atom. The van der Waals surface area contributed by atoms with E-state index < -0.39 is 0 Å². The van der Waals surface area contributed by atoms with E-state index in [1.165, 1.54) is 17.3 Å². The van der Waals surface area contributed by atoms with Gasteiger partial charge in [0, 0.05) is 30.2 Å². The largest absolute Gasteiger partial charge is 0.325 e. The van der Waals surface area contributed by atoms with Crippen LogP contribution < -0.4 is 5.32 Å². The summed E-state index contributed by atoms with van der Waals surface area (Å²) in [6.07, 6.45) is 4.47. The van der Waals surface area contributed by atoms with Crippen LogP contribution in [0, 0.1) is 0 Å². The van der Waals surface area contributed by atoms with Gasteiger partial charge in [-0.1, -0.05) is 30.8 Å². The third-order valence-corrected chi connectivity index (χ3v) is 4.90. The van der Waals surface area contributed by atoms with E-state index in [1.54, 1.807) is 12.4 Å². The molecule has 0 fully saturated rings. The number of nitrogens with zero attached hydrogens (tertiary/aromatic N) is 4. The molecule has 26 heavy (non-hydrogen) atoms. The zero-order valence-electron chi connectivity index (χ0n) is 14.8. The highest BCUT2D eigenvalue weighted by molar-refractivity contribution is 7.99. The molecule has 1 aromatic carbocycles. The van der Waals surface area contributed by atoms with Gasteiger partial charge in [-0.2, -0.15) is 0 Å². The van der Waals surface area contributed by atoms with Crippen LogP contribution in [0.1, 0.15) is 19.4 Å². The van der Waals surface area contributed by atoms with Crippen molar-refractivity contribution in [3.05, 3.63) is 54.4 Å². The van der Waals surface area contributed by atoms with Crippen molar-refractivity contribution in [3.8, 4) is 11.4 Å². The molecule has 0 atom stereocenters. The van der Waals surface area contributed by atoms with Crippen molar-refractivity contribution in [3.63, 3.8) is 0 Å². The number of benzene rings is 1. The third-order valence-electron chi connectivity index (χ3n) is 3.93. The van der Waals surface area contributed by atoms with Crippen LogP contribution in [-0.4, -0.2) is 31.4 Å². The smallest absolute Gasteiger partial charge is 0.234 e. The Morgan fingerprint density at radius 3 is 2.62 bits per heavy atom. The Labute approximate surface area is 157 Å². The van der Waals surface area contributed by atoms with Gasteiger partial charge in [-0.15, -0.1) is 10.2 Å². The van der Waals surface area contributed by atoms with E-state index in [9.17, 15) is 4.79 Å². The summed E-state index contributed by atoms with van der Waals surface area (Å²) in [5, 5.41) is 12.1. The molecule has 0 aliphatic rings. The van der Waals surface area contributed by atoms with Crippen LogP contribution >= 0.6 is 11.8 Å².